The highest BCUT2D eigenvalue weighted by atomic mass is 16.5. The van der Waals surface area contributed by atoms with Gasteiger partial charge in [0, 0.05) is 19.8 Å². The Balaban J connectivity index is 2.06. The fourth-order valence-electron chi connectivity index (χ4n) is 2.13. The van der Waals surface area contributed by atoms with E-state index in [0.29, 0.717) is 24.5 Å². The fourth-order valence-corrected chi connectivity index (χ4v) is 2.13. The van der Waals surface area contributed by atoms with Crippen molar-refractivity contribution in [2.45, 2.75) is 19.1 Å². The van der Waals surface area contributed by atoms with Crippen LogP contribution in [0.2, 0.25) is 0 Å². The van der Waals surface area contributed by atoms with Crippen LogP contribution in [0.4, 0.5) is 5.69 Å². The molecule has 7 nitrogen and oxygen atoms in total. The first-order valence-electron chi connectivity index (χ1n) is 6.11. The third-order valence-electron chi connectivity index (χ3n) is 3.12. The van der Waals surface area contributed by atoms with E-state index in [2.05, 4.69) is 10.6 Å². The molecule has 2 amide bonds. The molecule has 0 bridgehead atoms. The summed E-state index contributed by atoms with van der Waals surface area (Å²) < 4.78 is 6.99. The number of nitrogens with zero attached hydrogens (tertiary/aromatic N) is 1. The van der Waals surface area contributed by atoms with Crippen LogP contribution in [0.25, 0.3) is 0 Å². The number of carbonyl (C=O) groups excluding carboxylic acids is 2. The maximum absolute atomic E-state index is 12.1. The van der Waals surface area contributed by atoms with Crippen molar-refractivity contribution >= 4 is 17.5 Å². The van der Waals surface area contributed by atoms with Crippen molar-refractivity contribution in [1.29, 1.82) is 0 Å². The first kappa shape index (κ1) is 13.6. The van der Waals surface area contributed by atoms with E-state index in [1.54, 1.807) is 23.9 Å². The van der Waals surface area contributed by atoms with Crippen LogP contribution >= 0.6 is 0 Å². The lowest BCUT2D eigenvalue weighted by molar-refractivity contribution is -0.123. The number of primary amides is 1. The van der Waals surface area contributed by atoms with Crippen molar-refractivity contribution < 1.29 is 14.3 Å². The molecule has 1 aliphatic heterocycles. The van der Waals surface area contributed by atoms with E-state index in [9.17, 15) is 9.59 Å². The minimum absolute atomic E-state index is 0.186. The van der Waals surface area contributed by atoms with Gasteiger partial charge in [0.1, 0.15) is 11.7 Å². The Morgan fingerprint density at radius 1 is 1.58 bits per heavy atom. The second-order valence-corrected chi connectivity index (χ2v) is 4.59. The van der Waals surface area contributed by atoms with Crippen molar-refractivity contribution in [3.05, 3.63) is 18.0 Å². The summed E-state index contributed by atoms with van der Waals surface area (Å²) in [7, 11) is 1.69. The molecular formula is C12H18N4O3. The number of aryl methyl sites for hydroxylation is 1. The molecule has 2 rings (SSSR count). The summed E-state index contributed by atoms with van der Waals surface area (Å²) in [6.45, 7) is 3.09. The van der Waals surface area contributed by atoms with Crippen LogP contribution in [0, 0.1) is 0 Å². The van der Waals surface area contributed by atoms with Gasteiger partial charge in [-0.15, -0.1) is 0 Å². The molecular weight excluding hydrogens is 248 g/mol. The number of rotatable bonds is 3. The Kier molecular flexibility index (Phi) is 3.87. The molecule has 1 aromatic heterocycles. The van der Waals surface area contributed by atoms with Crippen LogP contribution in [0.15, 0.2) is 12.3 Å². The van der Waals surface area contributed by atoms with Crippen LogP contribution in [-0.4, -0.2) is 41.7 Å². The average molecular weight is 266 g/mol. The molecule has 1 saturated heterocycles. The summed E-state index contributed by atoms with van der Waals surface area (Å²) in [6.07, 6.45) is 1.46. The molecule has 0 spiro atoms. The topological polar surface area (TPSA) is 98.4 Å². The van der Waals surface area contributed by atoms with E-state index in [4.69, 9.17) is 10.5 Å². The molecule has 0 saturated carbocycles. The molecule has 7 heteroatoms. The SMILES string of the molecule is C[C@H]1OCCN[C@@H]1C(=O)Nc1cc(C(N)=O)n(C)c1. The summed E-state index contributed by atoms with van der Waals surface area (Å²) in [5.41, 5.74) is 6.10. The first-order valence-corrected chi connectivity index (χ1v) is 6.11. The van der Waals surface area contributed by atoms with Gasteiger partial charge < -0.3 is 25.7 Å². The lowest BCUT2D eigenvalue weighted by Gasteiger charge is -2.29. The Labute approximate surface area is 111 Å². The summed E-state index contributed by atoms with van der Waals surface area (Å²) in [4.78, 5) is 23.2. The van der Waals surface area contributed by atoms with Crippen LogP contribution in [-0.2, 0) is 16.6 Å². The Morgan fingerprint density at radius 3 is 2.89 bits per heavy atom. The molecule has 2 atom stereocenters. The van der Waals surface area contributed by atoms with Gasteiger partial charge in [0.25, 0.3) is 5.91 Å². The smallest absolute Gasteiger partial charge is 0.265 e. The molecule has 0 aliphatic carbocycles. The number of hydrogen-bond donors (Lipinski definition) is 3. The van der Waals surface area contributed by atoms with Crippen LogP contribution in [0.5, 0.6) is 0 Å². The number of aromatic nitrogens is 1. The van der Waals surface area contributed by atoms with Gasteiger partial charge in [-0.3, -0.25) is 9.59 Å². The number of nitrogens with one attached hydrogen (secondary N) is 2. The molecule has 1 fully saturated rings. The monoisotopic (exact) mass is 266 g/mol. The summed E-state index contributed by atoms with van der Waals surface area (Å²) >= 11 is 0. The van der Waals surface area contributed by atoms with Crippen molar-refractivity contribution in [3.63, 3.8) is 0 Å². The van der Waals surface area contributed by atoms with E-state index in [0.717, 1.165) is 0 Å². The zero-order chi connectivity index (χ0) is 14.0. The zero-order valence-corrected chi connectivity index (χ0v) is 11.0. The van der Waals surface area contributed by atoms with Gasteiger partial charge >= 0.3 is 0 Å². The highest BCUT2D eigenvalue weighted by Gasteiger charge is 2.28. The number of anilines is 1. The number of morpholine rings is 1. The van der Waals surface area contributed by atoms with Crippen molar-refractivity contribution in [2.24, 2.45) is 12.8 Å². The van der Waals surface area contributed by atoms with Gasteiger partial charge in [0.2, 0.25) is 5.91 Å². The van der Waals surface area contributed by atoms with Gasteiger partial charge in [-0.1, -0.05) is 0 Å². The van der Waals surface area contributed by atoms with E-state index in [1.807, 2.05) is 6.92 Å². The Bertz CT molecular complexity index is 497. The Hall–Kier alpha value is -1.86. The highest BCUT2D eigenvalue weighted by Crippen LogP contribution is 2.14. The van der Waals surface area contributed by atoms with Crippen molar-refractivity contribution in [2.75, 3.05) is 18.5 Å². The van der Waals surface area contributed by atoms with Crippen molar-refractivity contribution in [1.82, 2.24) is 9.88 Å². The molecule has 104 valence electrons. The second kappa shape index (κ2) is 5.41. The maximum atomic E-state index is 12.1. The van der Waals surface area contributed by atoms with E-state index >= 15 is 0 Å². The molecule has 0 aromatic carbocycles. The molecule has 1 aromatic rings. The molecule has 2 heterocycles. The van der Waals surface area contributed by atoms with Crippen LogP contribution in [0.3, 0.4) is 0 Å². The molecule has 0 unspecified atom stereocenters. The number of amides is 2. The third kappa shape index (κ3) is 2.94. The predicted molar refractivity (Wildman–Crippen MR) is 69.8 cm³/mol. The molecule has 1 aliphatic rings. The Morgan fingerprint density at radius 2 is 2.32 bits per heavy atom. The minimum Gasteiger partial charge on any atom is -0.375 e. The lowest BCUT2D eigenvalue weighted by Crippen LogP contribution is -2.53. The maximum Gasteiger partial charge on any atom is 0.265 e. The van der Waals surface area contributed by atoms with Gasteiger partial charge in [0.15, 0.2) is 0 Å². The van der Waals surface area contributed by atoms with Crippen LogP contribution in [0.1, 0.15) is 17.4 Å². The highest BCUT2D eigenvalue weighted by molar-refractivity contribution is 5.98. The van der Waals surface area contributed by atoms with Crippen molar-refractivity contribution in [3.8, 4) is 0 Å². The van der Waals surface area contributed by atoms with Gasteiger partial charge in [-0.05, 0) is 13.0 Å². The second-order valence-electron chi connectivity index (χ2n) is 4.59. The van der Waals surface area contributed by atoms with E-state index < -0.39 is 11.9 Å². The minimum atomic E-state index is -0.532. The van der Waals surface area contributed by atoms with Gasteiger partial charge in [-0.2, -0.15) is 0 Å². The normalized spacial score (nSPS) is 23.1. The number of hydrogen-bond acceptors (Lipinski definition) is 4. The first-order chi connectivity index (χ1) is 8.99. The summed E-state index contributed by atoms with van der Waals surface area (Å²) in [5, 5.41) is 5.85. The lowest BCUT2D eigenvalue weighted by atomic mass is 10.1. The standard InChI is InChI=1S/C12H18N4O3/c1-7-10(14-3-4-19-7)12(18)15-8-5-9(11(13)17)16(2)6-8/h5-7,10,14H,3-4H2,1-2H3,(H2,13,17)(H,15,18)/t7-,10+/m1/s1. The zero-order valence-electron chi connectivity index (χ0n) is 11.0. The largest absolute Gasteiger partial charge is 0.375 e. The molecule has 19 heavy (non-hydrogen) atoms. The number of nitrogens with two attached hydrogens (primary N) is 1. The van der Waals surface area contributed by atoms with Gasteiger partial charge in [0.05, 0.1) is 18.4 Å². The third-order valence-corrected chi connectivity index (χ3v) is 3.12. The summed E-state index contributed by atoms with van der Waals surface area (Å²) in [6, 6.07) is 1.15. The molecule has 4 N–H and O–H groups in total. The number of carbonyl (C=O) groups is 2. The number of ether oxygens (including phenoxy) is 1. The van der Waals surface area contributed by atoms with Crippen LogP contribution < -0.4 is 16.4 Å². The predicted octanol–water partition coefficient (Wildman–Crippen LogP) is -0.561. The van der Waals surface area contributed by atoms with E-state index in [1.165, 1.54) is 0 Å². The molecule has 0 radical (unpaired) electrons. The van der Waals surface area contributed by atoms with E-state index in [-0.39, 0.29) is 12.0 Å². The average Bonchev–Trinajstić information content (AvgIpc) is 2.70. The summed E-state index contributed by atoms with van der Waals surface area (Å²) in [5.74, 6) is -0.718. The van der Waals surface area contributed by atoms with Gasteiger partial charge in [-0.25, -0.2) is 0 Å². The fraction of sp³-hybridized carbons (Fsp3) is 0.500. The quantitative estimate of drug-likeness (QED) is 0.683.